The maximum Gasteiger partial charge on any atom is 0.269 e. The third-order valence-corrected chi connectivity index (χ3v) is 4.25. The lowest BCUT2D eigenvalue weighted by molar-refractivity contribution is 0.328. The number of nitrogens with zero attached hydrogens (tertiary/aromatic N) is 6. The van der Waals surface area contributed by atoms with Gasteiger partial charge in [0.05, 0.1) is 11.7 Å². The van der Waals surface area contributed by atoms with Gasteiger partial charge in [-0.1, -0.05) is 30.3 Å². The number of aryl methyl sites for hydroxylation is 1. The van der Waals surface area contributed by atoms with Gasteiger partial charge in [0.1, 0.15) is 0 Å². The summed E-state index contributed by atoms with van der Waals surface area (Å²) >= 11 is 0. The van der Waals surface area contributed by atoms with Crippen LogP contribution in [0.25, 0.3) is 5.95 Å². The monoisotopic (exact) mass is 324 g/mol. The van der Waals surface area contributed by atoms with E-state index in [1.807, 2.05) is 37.3 Å². The molecular formula is C17H17FN6. The summed E-state index contributed by atoms with van der Waals surface area (Å²) < 4.78 is 17.7. The molecule has 0 radical (unpaired) electrons. The molecule has 24 heavy (non-hydrogen) atoms. The first-order valence-corrected chi connectivity index (χ1v) is 7.81. The number of halogens is 1. The second kappa shape index (κ2) is 5.67. The lowest BCUT2D eigenvalue weighted by Gasteiger charge is -2.11. The zero-order valence-electron chi connectivity index (χ0n) is 13.5. The number of hydrogen-bond acceptors (Lipinski definition) is 4. The molecule has 3 heterocycles. The molecule has 0 bridgehead atoms. The minimum atomic E-state index is -1.12. The Balaban J connectivity index is 1.74. The molecule has 2 atom stereocenters. The van der Waals surface area contributed by atoms with Gasteiger partial charge in [0.25, 0.3) is 5.95 Å². The summed E-state index contributed by atoms with van der Waals surface area (Å²) in [6.45, 7) is 1.89. The Morgan fingerprint density at radius 1 is 1.25 bits per heavy atom. The van der Waals surface area contributed by atoms with Crippen molar-refractivity contribution in [2.24, 2.45) is 4.99 Å². The SMILES string of the molecule is CN=Cc1cn(-c2nc3n(n2)[C@H](c2ccccc2)C[C@@H]3F)nc1C. The van der Waals surface area contributed by atoms with E-state index in [9.17, 15) is 4.39 Å². The van der Waals surface area contributed by atoms with E-state index in [-0.39, 0.29) is 6.04 Å². The van der Waals surface area contributed by atoms with Gasteiger partial charge in [-0.15, -0.1) is 5.10 Å². The molecule has 0 saturated carbocycles. The van der Waals surface area contributed by atoms with Crippen LogP contribution < -0.4 is 0 Å². The van der Waals surface area contributed by atoms with Crippen molar-refractivity contribution >= 4 is 6.21 Å². The van der Waals surface area contributed by atoms with Crippen molar-refractivity contribution in [3.8, 4) is 5.95 Å². The van der Waals surface area contributed by atoms with E-state index in [2.05, 4.69) is 20.2 Å². The zero-order valence-corrected chi connectivity index (χ0v) is 13.5. The van der Waals surface area contributed by atoms with E-state index in [0.29, 0.717) is 18.2 Å². The highest BCUT2D eigenvalue weighted by Crippen LogP contribution is 2.39. The third kappa shape index (κ3) is 2.33. The van der Waals surface area contributed by atoms with Crippen molar-refractivity contribution in [2.75, 3.05) is 7.05 Å². The van der Waals surface area contributed by atoms with Crippen molar-refractivity contribution in [2.45, 2.75) is 25.6 Å². The highest BCUT2D eigenvalue weighted by molar-refractivity contribution is 5.80. The van der Waals surface area contributed by atoms with Crippen molar-refractivity contribution in [3.63, 3.8) is 0 Å². The highest BCUT2D eigenvalue weighted by Gasteiger charge is 2.35. The van der Waals surface area contributed by atoms with Gasteiger partial charge < -0.3 is 0 Å². The van der Waals surface area contributed by atoms with Gasteiger partial charge in [0.2, 0.25) is 0 Å². The smallest absolute Gasteiger partial charge is 0.269 e. The van der Waals surface area contributed by atoms with Crippen LogP contribution in [0.3, 0.4) is 0 Å². The molecule has 7 heteroatoms. The molecule has 122 valence electrons. The minimum absolute atomic E-state index is 0.134. The summed E-state index contributed by atoms with van der Waals surface area (Å²) in [6.07, 6.45) is 2.78. The molecule has 3 aromatic rings. The van der Waals surface area contributed by atoms with Crippen molar-refractivity contribution in [1.82, 2.24) is 24.5 Å². The first-order chi connectivity index (χ1) is 11.7. The lowest BCUT2D eigenvalue weighted by atomic mass is 10.0. The van der Waals surface area contributed by atoms with Gasteiger partial charge in [-0.05, 0) is 12.5 Å². The van der Waals surface area contributed by atoms with Crippen molar-refractivity contribution in [1.29, 1.82) is 0 Å². The number of fused-ring (bicyclic) bond motifs is 1. The molecule has 4 rings (SSSR count). The Bertz CT molecular complexity index is 895. The van der Waals surface area contributed by atoms with Gasteiger partial charge in [-0.2, -0.15) is 10.1 Å². The molecule has 2 aromatic heterocycles. The first-order valence-electron chi connectivity index (χ1n) is 7.81. The average Bonchev–Trinajstić information content (AvgIpc) is 3.25. The van der Waals surface area contributed by atoms with Crippen molar-refractivity contribution < 1.29 is 4.39 Å². The Morgan fingerprint density at radius 3 is 2.79 bits per heavy atom. The van der Waals surface area contributed by atoms with Crippen molar-refractivity contribution in [3.05, 3.63) is 59.2 Å². The Kier molecular flexibility index (Phi) is 3.48. The molecule has 0 amide bonds. The molecule has 1 aliphatic heterocycles. The zero-order chi connectivity index (χ0) is 16.7. The summed E-state index contributed by atoms with van der Waals surface area (Å²) in [4.78, 5) is 8.37. The Morgan fingerprint density at radius 2 is 2.04 bits per heavy atom. The van der Waals surface area contributed by atoms with E-state index in [1.165, 1.54) is 0 Å². The van der Waals surface area contributed by atoms with Crippen LogP contribution in [0.15, 0.2) is 41.5 Å². The van der Waals surface area contributed by atoms with Gasteiger partial charge in [0.15, 0.2) is 12.0 Å². The number of alkyl halides is 1. The molecule has 0 spiro atoms. The molecular weight excluding hydrogens is 307 g/mol. The highest BCUT2D eigenvalue weighted by atomic mass is 19.1. The van der Waals surface area contributed by atoms with E-state index in [0.717, 1.165) is 16.8 Å². The predicted octanol–water partition coefficient (Wildman–Crippen LogP) is 2.82. The maximum absolute atomic E-state index is 14.4. The van der Waals surface area contributed by atoms with E-state index < -0.39 is 6.17 Å². The average molecular weight is 324 g/mol. The molecule has 0 N–H and O–H groups in total. The topological polar surface area (TPSA) is 60.9 Å². The van der Waals surface area contributed by atoms with Crippen LogP contribution >= 0.6 is 0 Å². The lowest BCUT2D eigenvalue weighted by Crippen LogP contribution is -2.08. The third-order valence-electron chi connectivity index (χ3n) is 4.25. The van der Waals surface area contributed by atoms with Gasteiger partial charge in [-0.3, -0.25) is 4.99 Å². The summed E-state index contributed by atoms with van der Waals surface area (Å²) in [6, 6.07) is 9.69. The number of hydrogen-bond donors (Lipinski definition) is 0. The molecule has 0 fully saturated rings. The summed E-state index contributed by atoms with van der Waals surface area (Å²) in [5.74, 6) is 0.741. The normalized spacial score (nSPS) is 20.0. The van der Waals surface area contributed by atoms with Crippen LogP contribution in [0.5, 0.6) is 0 Å². The van der Waals surface area contributed by atoms with Crippen LogP contribution in [-0.4, -0.2) is 37.8 Å². The van der Waals surface area contributed by atoms with E-state index >= 15 is 0 Å². The van der Waals surface area contributed by atoms with Crippen LogP contribution in [-0.2, 0) is 0 Å². The maximum atomic E-state index is 14.4. The fourth-order valence-corrected chi connectivity index (χ4v) is 3.06. The van der Waals surface area contributed by atoms with Gasteiger partial charge in [-0.25, -0.2) is 13.8 Å². The molecule has 6 nitrogen and oxygen atoms in total. The van der Waals surface area contributed by atoms with Crippen LogP contribution in [0, 0.1) is 6.92 Å². The molecule has 0 saturated heterocycles. The largest absolute Gasteiger partial charge is 0.296 e. The Hall–Kier alpha value is -2.83. The van der Waals surface area contributed by atoms with E-state index in [4.69, 9.17) is 0 Å². The van der Waals surface area contributed by atoms with Crippen LogP contribution in [0.2, 0.25) is 0 Å². The quantitative estimate of drug-likeness (QED) is 0.696. The van der Waals surface area contributed by atoms with Gasteiger partial charge in [0, 0.05) is 31.4 Å². The first kappa shape index (κ1) is 14.7. The predicted molar refractivity (Wildman–Crippen MR) is 88.4 cm³/mol. The minimum Gasteiger partial charge on any atom is -0.296 e. The summed E-state index contributed by atoms with van der Waals surface area (Å²) in [5.41, 5.74) is 2.75. The van der Waals surface area contributed by atoms with E-state index in [1.54, 1.807) is 28.8 Å². The molecule has 0 aliphatic carbocycles. The number of rotatable bonds is 3. The summed E-state index contributed by atoms with van der Waals surface area (Å²) in [7, 11) is 1.71. The van der Waals surface area contributed by atoms with Gasteiger partial charge >= 0.3 is 0 Å². The van der Waals surface area contributed by atoms with Crippen LogP contribution in [0.4, 0.5) is 4.39 Å². The summed E-state index contributed by atoms with van der Waals surface area (Å²) in [5, 5.41) is 8.91. The Labute approximate surface area is 138 Å². The molecule has 1 aromatic carbocycles. The number of benzene rings is 1. The fourth-order valence-electron chi connectivity index (χ4n) is 3.06. The number of aromatic nitrogens is 5. The van der Waals surface area contributed by atoms with Crippen LogP contribution in [0.1, 0.15) is 41.3 Å². The molecule has 0 unspecified atom stereocenters. The second-order valence-corrected chi connectivity index (χ2v) is 5.85. The standard InChI is InChI=1S/C17H17FN6/c1-11-13(9-19-2)10-23(21-11)17-20-16-14(18)8-15(24(16)22-17)12-6-4-3-5-7-12/h3-7,9-10,14-15H,8H2,1-2H3/t14-,15-/m0/s1. The second-order valence-electron chi connectivity index (χ2n) is 5.85. The number of aliphatic imine (C=N–C) groups is 1. The fraction of sp³-hybridized carbons (Fsp3) is 0.294. The molecule has 1 aliphatic rings.